The van der Waals surface area contributed by atoms with E-state index in [-0.39, 0.29) is 11.8 Å². The number of carbonyl (C=O) groups excluding carboxylic acids is 2. The largest absolute Gasteiger partial charge is 0.497 e. The van der Waals surface area contributed by atoms with E-state index in [2.05, 4.69) is 0 Å². The molecule has 0 spiro atoms. The second-order valence-electron chi connectivity index (χ2n) is 7.46. The second kappa shape index (κ2) is 10.7. The molecule has 30 heavy (non-hydrogen) atoms. The van der Waals surface area contributed by atoms with E-state index in [4.69, 9.17) is 9.47 Å². The third-order valence-electron chi connectivity index (χ3n) is 5.56. The number of hydrogen-bond acceptors (Lipinski definition) is 4. The maximum Gasteiger partial charge on any atom is 0.223 e. The molecule has 0 aliphatic carbocycles. The summed E-state index contributed by atoms with van der Waals surface area (Å²) in [6, 6.07) is 15.6. The summed E-state index contributed by atoms with van der Waals surface area (Å²) < 4.78 is 10.3. The molecule has 0 aromatic heterocycles. The molecular weight excluding hydrogens is 380 g/mol. The molecule has 0 N–H and O–H groups in total. The molecule has 0 radical (unpaired) electrons. The Morgan fingerprint density at radius 3 is 1.30 bits per heavy atom. The van der Waals surface area contributed by atoms with E-state index in [1.807, 2.05) is 58.3 Å². The fourth-order valence-electron chi connectivity index (χ4n) is 3.61. The molecule has 1 aliphatic rings. The lowest BCUT2D eigenvalue weighted by Gasteiger charge is -2.35. The van der Waals surface area contributed by atoms with E-state index in [0.29, 0.717) is 51.9 Å². The van der Waals surface area contributed by atoms with Gasteiger partial charge in [-0.1, -0.05) is 24.3 Å². The minimum Gasteiger partial charge on any atom is -0.497 e. The molecule has 0 saturated carbocycles. The fraction of sp³-hybridized carbons (Fsp3) is 0.417. The molecular formula is C24H30N2O4. The molecule has 160 valence electrons. The molecule has 1 saturated heterocycles. The van der Waals surface area contributed by atoms with Crippen LogP contribution in [0.25, 0.3) is 0 Å². The van der Waals surface area contributed by atoms with Crippen LogP contribution in [-0.2, 0) is 22.4 Å². The number of hydrogen-bond donors (Lipinski definition) is 0. The second-order valence-corrected chi connectivity index (χ2v) is 7.46. The number of methoxy groups -OCH3 is 2. The SMILES string of the molecule is COc1ccc(CCC(=O)N2CCN(C(=O)CCc3ccc(OC)cc3)CC2)cc1. The van der Waals surface area contributed by atoms with E-state index in [9.17, 15) is 9.59 Å². The third kappa shape index (κ3) is 5.99. The minimum absolute atomic E-state index is 0.149. The van der Waals surface area contributed by atoms with Crippen LogP contribution in [0.5, 0.6) is 11.5 Å². The highest BCUT2D eigenvalue weighted by Gasteiger charge is 2.23. The van der Waals surface area contributed by atoms with Crippen molar-refractivity contribution in [2.75, 3.05) is 40.4 Å². The Morgan fingerprint density at radius 1 is 0.667 bits per heavy atom. The zero-order valence-corrected chi connectivity index (χ0v) is 17.8. The van der Waals surface area contributed by atoms with Gasteiger partial charge < -0.3 is 19.3 Å². The van der Waals surface area contributed by atoms with Crippen molar-refractivity contribution in [2.24, 2.45) is 0 Å². The summed E-state index contributed by atoms with van der Waals surface area (Å²) in [5.74, 6) is 1.93. The van der Waals surface area contributed by atoms with E-state index in [0.717, 1.165) is 22.6 Å². The van der Waals surface area contributed by atoms with Crippen LogP contribution in [0.1, 0.15) is 24.0 Å². The number of benzene rings is 2. The number of aryl methyl sites for hydroxylation is 2. The number of amides is 2. The zero-order valence-electron chi connectivity index (χ0n) is 17.8. The van der Waals surface area contributed by atoms with Gasteiger partial charge >= 0.3 is 0 Å². The van der Waals surface area contributed by atoms with Crippen LogP contribution in [0.15, 0.2) is 48.5 Å². The Bertz CT molecular complexity index is 754. The molecule has 2 aromatic rings. The molecule has 2 aromatic carbocycles. The van der Waals surface area contributed by atoms with Crippen LogP contribution in [0.3, 0.4) is 0 Å². The van der Waals surface area contributed by atoms with Crippen molar-refractivity contribution in [3.63, 3.8) is 0 Å². The number of ether oxygens (including phenoxy) is 2. The highest BCUT2D eigenvalue weighted by atomic mass is 16.5. The van der Waals surface area contributed by atoms with Gasteiger partial charge in [-0.3, -0.25) is 9.59 Å². The quantitative estimate of drug-likeness (QED) is 0.671. The van der Waals surface area contributed by atoms with E-state index in [1.54, 1.807) is 14.2 Å². The van der Waals surface area contributed by atoms with Crippen LogP contribution >= 0.6 is 0 Å². The first-order valence-electron chi connectivity index (χ1n) is 10.4. The topological polar surface area (TPSA) is 59.1 Å². The molecule has 0 bridgehead atoms. The van der Waals surface area contributed by atoms with Crippen molar-refractivity contribution < 1.29 is 19.1 Å². The molecule has 6 nitrogen and oxygen atoms in total. The highest BCUT2D eigenvalue weighted by molar-refractivity contribution is 5.78. The lowest BCUT2D eigenvalue weighted by molar-refractivity contribution is -0.139. The first kappa shape index (κ1) is 21.7. The fourth-order valence-corrected chi connectivity index (χ4v) is 3.61. The van der Waals surface area contributed by atoms with Gasteiger partial charge in [-0.25, -0.2) is 0 Å². The Labute approximate surface area is 178 Å². The molecule has 1 aliphatic heterocycles. The smallest absolute Gasteiger partial charge is 0.223 e. The number of rotatable bonds is 8. The monoisotopic (exact) mass is 410 g/mol. The van der Waals surface area contributed by atoms with E-state index in [1.165, 1.54) is 0 Å². The van der Waals surface area contributed by atoms with Crippen LogP contribution in [0.4, 0.5) is 0 Å². The van der Waals surface area contributed by atoms with Gasteiger partial charge in [0.2, 0.25) is 11.8 Å². The lowest BCUT2D eigenvalue weighted by Crippen LogP contribution is -2.50. The van der Waals surface area contributed by atoms with Gasteiger partial charge in [-0.05, 0) is 48.2 Å². The summed E-state index contributed by atoms with van der Waals surface area (Å²) >= 11 is 0. The standard InChI is InChI=1S/C24H30N2O4/c1-29-21-9-3-19(4-10-21)7-13-23(27)25-15-17-26(18-16-25)24(28)14-8-20-5-11-22(30-2)12-6-20/h3-6,9-12H,7-8,13-18H2,1-2H3. The molecule has 1 fully saturated rings. The highest BCUT2D eigenvalue weighted by Crippen LogP contribution is 2.15. The molecule has 0 atom stereocenters. The molecule has 3 rings (SSSR count). The summed E-state index contributed by atoms with van der Waals surface area (Å²) in [6.07, 6.45) is 2.39. The average molecular weight is 411 g/mol. The van der Waals surface area contributed by atoms with Gasteiger partial charge in [0.25, 0.3) is 0 Å². The van der Waals surface area contributed by atoms with Crippen molar-refractivity contribution >= 4 is 11.8 Å². The molecule has 2 amide bonds. The normalized spacial score (nSPS) is 13.8. The zero-order chi connectivity index (χ0) is 21.3. The van der Waals surface area contributed by atoms with E-state index < -0.39 is 0 Å². The number of carbonyl (C=O) groups is 2. The lowest BCUT2D eigenvalue weighted by atomic mass is 10.1. The van der Waals surface area contributed by atoms with Gasteiger partial charge in [0, 0.05) is 39.0 Å². The summed E-state index contributed by atoms with van der Waals surface area (Å²) in [7, 11) is 3.28. The Kier molecular flexibility index (Phi) is 7.71. The minimum atomic E-state index is 0.149. The van der Waals surface area contributed by atoms with Crippen molar-refractivity contribution in [3.8, 4) is 11.5 Å². The summed E-state index contributed by atoms with van der Waals surface area (Å²) in [6.45, 7) is 2.43. The Morgan fingerprint density at radius 2 is 1.00 bits per heavy atom. The number of nitrogens with zero attached hydrogens (tertiary/aromatic N) is 2. The molecule has 1 heterocycles. The Hall–Kier alpha value is -3.02. The number of piperazine rings is 1. The van der Waals surface area contributed by atoms with Gasteiger partial charge in [-0.2, -0.15) is 0 Å². The Balaban J connectivity index is 1.38. The van der Waals surface area contributed by atoms with Crippen molar-refractivity contribution in [1.29, 1.82) is 0 Å². The van der Waals surface area contributed by atoms with Crippen molar-refractivity contribution in [2.45, 2.75) is 25.7 Å². The van der Waals surface area contributed by atoms with Gasteiger partial charge in [0.15, 0.2) is 0 Å². The summed E-state index contributed by atoms with van der Waals surface area (Å²) in [5.41, 5.74) is 2.24. The van der Waals surface area contributed by atoms with Crippen LogP contribution < -0.4 is 9.47 Å². The predicted octanol–water partition coefficient (Wildman–Crippen LogP) is 2.94. The maximum atomic E-state index is 12.5. The van der Waals surface area contributed by atoms with E-state index >= 15 is 0 Å². The van der Waals surface area contributed by atoms with Crippen molar-refractivity contribution in [1.82, 2.24) is 9.80 Å². The van der Waals surface area contributed by atoms with Gasteiger partial charge in [0.1, 0.15) is 11.5 Å². The third-order valence-corrected chi connectivity index (χ3v) is 5.56. The van der Waals surface area contributed by atoms with Crippen LogP contribution in [-0.4, -0.2) is 62.0 Å². The van der Waals surface area contributed by atoms with Gasteiger partial charge in [-0.15, -0.1) is 0 Å². The van der Waals surface area contributed by atoms with Crippen LogP contribution in [0, 0.1) is 0 Å². The molecule has 6 heteroatoms. The maximum absolute atomic E-state index is 12.5. The first-order chi connectivity index (χ1) is 14.6. The predicted molar refractivity (Wildman–Crippen MR) is 116 cm³/mol. The summed E-state index contributed by atoms with van der Waals surface area (Å²) in [5, 5.41) is 0. The van der Waals surface area contributed by atoms with Crippen molar-refractivity contribution in [3.05, 3.63) is 59.7 Å². The average Bonchev–Trinajstić information content (AvgIpc) is 2.81. The summed E-state index contributed by atoms with van der Waals surface area (Å²) in [4.78, 5) is 28.8. The van der Waals surface area contributed by atoms with Gasteiger partial charge in [0.05, 0.1) is 14.2 Å². The first-order valence-corrected chi connectivity index (χ1v) is 10.4. The molecule has 0 unspecified atom stereocenters. The van der Waals surface area contributed by atoms with Crippen LogP contribution in [0.2, 0.25) is 0 Å².